The Balaban J connectivity index is 2.14. The Bertz CT molecular complexity index is 571. The van der Waals surface area contributed by atoms with Gasteiger partial charge in [0.2, 0.25) is 0 Å². The van der Waals surface area contributed by atoms with Crippen LogP contribution in [0, 0.1) is 5.82 Å². The Kier molecular flexibility index (Phi) is 2.71. The van der Waals surface area contributed by atoms with Crippen LogP contribution in [0.3, 0.4) is 0 Å². The highest BCUT2D eigenvalue weighted by Gasteiger charge is 2.40. The number of benzene rings is 1. The first kappa shape index (κ1) is 12.1. The molecule has 5 heteroatoms. The maximum absolute atomic E-state index is 13.5. The van der Waals surface area contributed by atoms with E-state index in [1.807, 2.05) is 0 Å². The van der Waals surface area contributed by atoms with E-state index in [1.54, 1.807) is 6.07 Å². The highest BCUT2D eigenvalue weighted by Crippen LogP contribution is 2.39. The van der Waals surface area contributed by atoms with Gasteiger partial charge >= 0.3 is 0 Å². The number of nitrogens with zero attached hydrogens (tertiary/aromatic N) is 1. The standard InChI is InChI=1S/C13H15BrFN3/c1-13(4-2-3-11(13)16)12-17-9-5-7(14)8(15)6-10(9)18-12/h5-6,11H,2-4,16H2,1H3,(H,17,18). The topological polar surface area (TPSA) is 54.7 Å². The lowest BCUT2D eigenvalue weighted by atomic mass is 9.84. The predicted molar refractivity (Wildman–Crippen MR) is 72.9 cm³/mol. The molecule has 3 N–H and O–H groups in total. The molecule has 0 amide bonds. The van der Waals surface area contributed by atoms with Crippen molar-refractivity contribution in [3.05, 3.63) is 28.2 Å². The number of fused-ring (bicyclic) bond motifs is 1. The van der Waals surface area contributed by atoms with E-state index in [9.17, 15) is 4.39 Å². The molecule has 2 unspecified atom stereocenters. The number of aromatic amines is 1. The highest BCUT2D eigenvalue weighted by atomic mass is 79.9. The molecular formula is C13H15BrFN3. The zero-order valence-electron chi connectivity index (χ0n) is 10.1. The van der Waals surface area contributed by atoms with Gasteiger partial charge in [0.15, 0.2) is 0 Å². The molecule has 0 aliphatic heterocycles. The molecule has 2 atom stereocenters. The lowest BCUT2D eigenvalue weighted by Crippen LogP contribution is -2.39. The third-order valence-corrected chi connectivity index (χ3v) is 4.70. The van der Waals surface area contributed by atoms with Gasteiger partial charge < -0.3 is 10.7 Å². The summed E-state index contributed by atoms with van der Waals surface area (Å²) < 4.78 is 13.9. The van der Waals surface area contributed by atoms with E-state index in [-0.39, 0.29) is 17.3 Å². The monoisotopic (exact) mass is 311 g/mol. The van der Waals surface area contributed by atoms with Crippen LogP contribution < -0.4 is 5.73 Å². The summed E-state index contributed by atoms with van der Waals surface area (Å²) >= 11 is 3.18. The number of halogens is 2. The summed E-state index contributed by atoms with van der Waals surface area (Å²) in [6, 6.07) is 3.29. The first-order valence-electron chi connectivity index (χ1n) is 6.11. The van der Waals surface area contributed by atoms with Crippen molar-refractivity contribution >= 4 is 27.0 Å². The minimum atomic E-state index is -0.279. The fraction of sp³-hybridized carbons (Fsp3) is 0.462. The molecule has 1 aromatic heterocycles. The number of hydrogen-bond donors (Lipinski definition) is 2. The molecule has 96 valence electrons. The second-order valence-electron chi connectivity index (χ2n) is 5.29. The lowest BCUT2D eigenvalue weighted by molar-refractivity contribution is 0.409. The molecular weight excluding hydrogens is 297 g/mol. The maximum atomic E-state index is 13.5. The van der Waals surface area contributed by atoms with Crippen molar-refractivity contribution in [3.63, 3.8) is 0 Å². The maximum Gasteiger partial charge on any atom is 0.139 e. The molecule has 0 spiro atoms. The van der Waals surface area contributed by atoms with Gasteiger partial charge in [0.25, 0.3) is 0 Å². The largest absolute Gasteiger partial charge is 0.341 e. The van der Waals surface area contributed by atoms with Crippen molar-refractivity contribution in [2.45, 2.75) is 37.6 Å². The average molecular weight is 312 g/mol. The number of imidazole rings is 1. The van der Waals surface area contributed by atoms with Crippen molar-refractivity contribution in [3.8, 4) is 0 Å². The van der Waals surface area contributed by atoms with Crippen molar-refractivity contribution in [1.82, 2.24) is 9.97 Å². The SMILES string of the molecule is CC1(c2nc3cc(Br)c(F)cc3[nH]2)CCCC1N. The third kappa shape index (κ3) is 1.68. The van der Waals surface area contributed by atoms with E-state index in [0.717, 1.165) is 36.1 Å². The smallest absolute Gasteiger partial charge is 0.139 e. The van der Waals surface area contributed by atoms with Gasteiger partial charge in [-0.1, -0.05) is 13.3 Å². The Labute approximate surface area is 113 Å². The molecule has 0 radical (unpaired) electrons. The zero-order valence-corrected chi connectivity index (χ0v) is 11.7. The summed E-state index contributed by atoms with van der Waals surface area (Å²) in [5.41, 5.74) is 7.56. The van der Waals surface area contributed by atoms with Gasteiger partial charge in [-0.3, -0.25) is 0 Å². The summed E-state index contributed by atoms with van der Waals surface area (Å²) in [4.78, 5) is 7.81. The number of H-pyrrole nitrogens is 1. The summed E-state index contributed by atoms with van der Waals surface area (Å²) in [6.45, 7) is 2.13. The average Bonchev–Trinajstić information content (AvgIpc) is 2.86. The predicted octanol–water partition coefficient (Wildman–Crippen LogP) is 3.23. The number of rotatable bonds is 1. The van der Waals surface area contributed by atoms with Crippen LogP contribution in [-0.2, 0) is 5.41 Å². The molecule has 1 aliphatic carbocycles. The van der Waals surface area contributed by atoms with Crippen LogP contribution in [-0.4, -0.2) is 16.0 Å². The molecule has 18 heavy (non-hydrogen) atoms. The van der Waals surface area contributed by atoms with Crippen LogP contribution in [0.5, 0.6) is 0 Å². The molecule has 1 aliphatic rings. The van der Waals surface area contributed by atoms with Crippen LogP contribution in [0.2, 0.25) is 0 Å². The Morgan fingerprint density at radius 3 is 3.00 bits per heavy atom. The number of hydrogen-bond acceptors (Lipinski definition) is 2. The van der Waals surface area contributed by atoms with Gasteiger partial charge in [0.05, 0.1) is 15.5 Å². The summed E-state index contributed by atoms with van der Waals surface area (Å²) in [6.07, 6.45) is 3.16. The van der Waals surface area contributed by atoms with Crippen molar-refractivity contribution in [2.75, 3.05) is 0 Å². The first-order valence-corrected chi connectivity index (χ1v) is 6.91. The van der Waals surface area contributed by atoms with Crippen LogP contribution >= 0.6 is 15.9 Å². The van der Waals surface area contributed by atoms with E-state index in [4.69, 9.17) is 5.73 Å². The van der Waals surface area contributed by atoms with Gasteiger partial charge in [-0.25, -0.2) is 9.37 Å². The molecule has 1 fully saturated rings. The fourth-order valence-corrected chi connectivity index (χ4v) is 3.09. The normalized spacial score (nSPS) is 28.1. The van der Waals surface area contributed by atoms with Crippen LogP contribution in [0.4, 0.5) is 4.39 Å². The molecule has 1 saturated carbocycles. The Hall–Kier alpha value is -0.940. The molecule has 3 rings (SSSR count). The molecule has 1 heterocycles. The second-order valence-corrected chi connectivity index (χ2v) is 6.14. The Morgan fingerprint density at radius 1 is 1.56 bits per heavy atom. The van der Waals surface area contributed by atoms with Crippen molar-refractivity contribution < 1.29 is 4.39 Å². The van der Waals surface area contributed by atoms with E-state index in [1.165, 1.54) is 6.07 Å². The minimum Gasteiger partial charge on any atom is -0.341 e. The van der Waals surface area contributed by atoms with Crippen LogP contribution in [0.15, 0.2) is 16.6 Å². The molecule has 0 saturated heterocycles. The van der Waals surface area contributed by atoms with Crippen LogP contribution in [0.25, 0.3) is 11.0 Å². The summed E-state index contributed by atoms with van der Waals surface area (Å²) in [5, 5.41) is 0. The van der Waals surface area contributed by atoms with Crippen LogP contribution in [0.1, 0.15) is 32.0 Å². The Morgan fingerprint density at radius 2 is 2.33 bits per heavy atom. The first-order chi connectivity index (χ1) is 8.50. The van der Waals surface area contributed by atoms with Gasteiger partial charge in [0, 0.05) is 17.5 Å². The zero-order chi connectivity index (χ0) is 12.9. The number of nitrogens with one attached hydrogen (secondary N) is 1. The molecule has 1 aromatic carbocycles. The third-order valence-electron chi connectivity index (χ3n) is 4.09. The van der Waals surface area contributed by atoms with Crippen molar-refractivity contribution in [2.24, 2.45) is 5.73 Å². The van der Waals surface area contributed by atoms with E-state index in [2.05, 4.69) is 32.8 Å². The van der Waals surface area contributed by atoms with Crippen molar-refractivity contribution in [1.29, 1.82) is 0 Å². The second kappa shape index (κ2) is 4.03. The fourth-order valence-electron chi connectivity index (χ4n) is 2.76. The van der Waals surface area contributed by atoms with E-state index < -0.39 is 0 Å². The quantitative estimate of drug-likeness (QED) is 0.849. The molecule has 3 nitrogen and oxygen atoms in total. The molecule has 2 aromatic rings. The van der Waals surface area contributed by atoms with E-state index >= 15 is 0 Å². The van der Waals surface area contributed by atoms with Gasteiger partial charge in [-0.05, 0) is 34.8 Å². The number of aromatic nitrogens is 2. The van der Waals surface area contributed by atoms with Gasteiger partial charge in [-0.15, -0.1) is 0 Å². The van der Waals surface area contributed by atoms with Gasteiger partial charge in [-0.2, -0.15) is 0 Å². The lowest BCUT2D eigenvalue weighted by Gasteiger charge is -2.26. The van der Waals surface area contributed by atoms with Gasteiger partial charge in [0.1, 0.15) is 11.6 Å². The summed E-state index contributed by atoms with van der Waals surface area (Å²) in [7, 11) is 0. The number of nitrogens with two attached hydrogens (primary N) is 1. The molecule has 0 bridgehead atoms. The van der Waals surface area contributed by atoms with E-state index in [0.29, 0.717) is 4.47 Å². The minimum absolute atomic E-state index is 0.117. The summed E-state index contributed by atoms with van der Waals surface area (Å²) in [5.74, 6) is 0.596. The highest BCUT2D eigenvalue weighted by molar-refractivity contribution is 9.10.